The Morgan fingerprint density at radius 2 is 2.16 bits per heavy atom. The van der Waals surface area contributed by atoms with Crippen molar-refractivity contribution in [1.29, 1.82) is 0 Å². The van der Waals surface area contributed by atoms with E-state index in [-0.39, 0.29) is 6.10 Å². The molecule has 1 aliphatic heterocycles. The van der Waals surface area contributed by atoms with Crippen LogP contribution in [-0.2, 0) is 4.74 Å². The highest BCUT2D eigenvalue weighted by Crippen LogP contribution is 2.35. The monoisotopic (exact) mass is 263 g/mol. The van der Waals surface area contributed by atoms with Gasteiger partial charge in [-0.2, -0.15) is 0 Å². The molecule has 1 atom stereocenters. The van der Waals surface area contributed by atoms with Crippen molar-refractivity contribution < 1.29 is 14.2 Å². The largest absolute Gasteiger partial charge is 0.493 e. The van der Waals surface area contributed by atoms with E-state index in [4.69, 9.17) is 14.2 Å². The summed E-state index contributed by atoms with van der Waals surface area (Å²) in [6, 6.07) is 6.10. The second kappa shape index (κ2) is 5.80. The normalized spacial score (nSPS) is 23.7. The van der Waals surface area contributed by atoms with Crippen molar-refractivity contribution in [1.82, 2.24) is 5.32 Å². The Hall–Kier alpha value is -1.26. The average Bonchev–Trinajstić information content (AvgIpc) is 2.43. The molecular formula is C15H21NO3. The van der Waals surface area contributed by atoms with E-state index in [2.05, 4.69) is 17.4 Å². The van der Waals surface area contributed by atoms with Crippen LogP contribution >= 0.6 is 0 Å². The molecule has 3 rings (SSSR count). The molecular weight excluding hydrogens is 242 g/mol. The highest BCUT2D eigenvalue weighted by molar-refractivity contribution is 5.44. The quantitative estimate of drug-likeness (QED) is 0.904. The van der Waals surface area contributed by atoms with Crippen LogP contribution in [-0.4, -0.2) is 32.9 Å². The van der Waals surface area contributed by atoms with Crippen molar-refractivity contribution in [3.05, 3.63) is 23.8 Å². The third-order valence-corrected chi connectivity index (χ3v) is 3.83. The zero-order chi connectivity index (χ0) is 13.1. The predicted octanol–water partition coefficient (Wildman–Crippen LogP) is 2.29. The number of nitrogens with one attached hydrogen (secondary N) is 1. The molecule has 0 amide bonds. The lowest BCUT2D eigenvalue weighted by atomic mass is 9.96. The molecule has 1 unspecified atom stereocenters. The summed E-state index contributed by atoms with van der Waals surface area (Å²) >= 11 is 0. The fourth-order valence-electron chi connectivity index (χ4n) is 2.43. The van der Waals surface area contributed by atoms with Crippen LogP contribution in [0.25, 0.3) is 0 Å². The van der Waals surface area contributed by atoms with Gasteiger partial charge in [0.15, 0.2) is 11.5 Å². The summed E-state index contributed by atoms with van der Waals surface area (Å²) in [6.07, 6.45) is 4.03. The summed E-state index contributed by atoms with van der Waals surface area (Å²) in [5.74, 6) is 1.65. The highest BCUT2D eigenvalue weighted by Gasteiger charge is 2.22. The van der Waals surface area contributed by atoms with Crippen LogP contribution < -0.4 is 14.8 Å². The van der Waals surface area contributed by atoms with Gasteiger partial charge in [-0.25, -0.2) is 0 Å². The third-order valence-electron chi connectivity index (χ3n) is 3.83. The van der Waals surface area contributed by atoms with Gasteiger partial charge >= 0.3 is 0 Å². The Kier molecular flexibility index (Phi) is 3.89. The zero-order valence-corrected chi connectivity index (χ0v) is 11.4. The second-order valence-electron chi connectivity index (χ2n) is 5.14. The number of methoxy groups -OCH3 is 1. The fraction of sp³-hybridized carbons (Fsp3) is 0.600. The standard InChI is InChI=1S/C15H21NO3/c1-17-13-6-5-11(15-10-16-7-8-18-15)9-14(13)19-12-3-2-4-12/h5-6,9,12,15-16H,2-4,7-8,10H2,1H3. The molecule has 104 valence electrons. The molecule has 1 N–H and O–H groups in total. The van der Waals surface area contributed by atoms with Gasteiger partial charge in [-0.1, -0.05) is 6.07 Å². The van der Waals surface area contributed by atoms with Crippen molar-refractivity contribution in [2.24, 2.45) is 0 Å². The average molecular weight is 263 g/mol. The Morgan fingerprint density at radius 3 is 2.79 bits per heavy atom. The van der Waals surface area contributed by atoms with Gasteiger partial charge in [0.1, 0.15) is 0 Å². The smallest absolute Gasteiger partial charge is 0.161 e. The van der Waals surface area contributed by atoms with E-state index < -0.39 is 0 Å². The van der Waals surface area contributed by atoms with Gasteiger partial charge in [-0.15, -0.1) is 0 Å². The zero-order valence-electron chi connectivity index (χ0n) is 11.4. The van der Waals surface area contributed by atoms with E-state index in [9.17, 15) is 0 Å². The van der Waals surface area contributed by atoms with Gasteiger partial charge in [0.2, 0.25) is 0 Å². The number of rotatable bonds is 4. The van der Waals surface area contributed by atoms with E-state index in [1.807, 2.05) is 6.07 Å². The SMILES string of the molecule is COc1ccc(C2CNCCO2)cc1OC1CCC1. The molecule has 1 saturated carbocycles. The first kappa shape index (κ1) is 12.8. The maximum absolute atomic E-state index is 6.00. The van der Waals surface area contributed by atoms with Gasteiger partial charge in [0.25, 0.3) is 0 Å². The summed E-state index contributed by atoms with van der Waals surface area (Å²) in [6.45, 7) is 2.54. The molecule has 1 heterocycles. The Labute approximate surface area is 114 Å². The van der Waals surface area contributed by atoms with Gasteiger partial charge in [0, 0.05) is 13.1 Å². The van der Waals surface area contributed by atoms with E-state index in [0.717, 1.165) is 49.6 Å². The molecule has 0 spiro atoms. The molecule has 4 nitrogen and oxygen atoms in total. The summed E-state index contributed by atoms with van der Waals surface area (Å²) in [4.78, 5) is 0. The Morgan fingerprint density at radius 1 is 1.26 bits per heavy atom. The molecule has 4 heteroatoms. The first-order chi connectivity index (χ1) is 9.36. The van der Waals surface area contributed by atoms with Crippen molar-refractivity contribution in [3.63, 3.8) is 0 Å². The molecule has 1 aliphatic carbocycles. The fourth-order valence-corrected chi connectivity index (χ4v) is 2.43. The van der Waals surface area contributed by atoms with E-state index in [1.165, 1.54) is 6.42 Å². The maximum Gasteiger partial charge on any atom is 0.161 e. The minimum atomic E-state index is 0.114. The van der Waals surface area contributed by atoms with Crippen LogP contribution in [0.5, 0.6) is 11.5 Å². The second-order valence-corrected chi connectivity index (χ2v) is 5.14. The molecule has 1 aromatic rings. The number of morpholine rings is 1. The van der Waals surface area contributed by atoms with Crippen LogP contribution in [0.15, 0.2) is 18.2 Å². The van der Waals surface area contributed by atoms with Crippen LogP contribution in [0.3, 0.4) is 0 Å². The van der Waals surface area contributed by atoms with Crippen molar-refractivity contribution >= 4 is 0 Å². The van der Waals surface area contributed by atoms with E-state index >= 15 is 0 Å². The molecule has 0 bridgehead atoms. The molecule has 0 radical (unpaired) electrons. The highest BCUT2D eigenvalue weighted by atomic mass is 16.5. The number of ether oxygens (including phenoxy) is 3. The van der Waals surface area contributed by atoms with Gasteiger partial charge in [-0.3, -0.25) is 0 Å². The van der Waals surface area contributed by atoms with Crippen molar-refractivity contribution in [2.75, 3.05) is 26.8 Å². The van der Waals surface area contributed by atoms with Crippen LogP contribution in [0.2, 0.25) is 0 Å². The first-order valence-corrected chi connectivity index (χ1v) is 7.04. The third kappa shape index (κ3) is 2.85. The van der Waals surface area contributed by atoms with Gasteiger partial charge in [-0.05, 0) is 37.0 Å². The Balaban J connectivity index is 1.78. The Bertz CT molecular complexity index is 425. The molecule has 2 fully saturated rings. The minimum Gasteiger partial charge on any atom is -0.493 e. The van der Waals surface area contributed by atoms with Crippen LogP contribution in [0, 0.1) is 0 Å². The topological polar surface area (TPSA) is 39.7 Å². The molecule has 1 saturated heterocycles. The molecule has 1 aromatic carbocycles. The summed E-state index contributed by atoms with van der Waals surface area (Å²) < 4.78 is 17.2. The number of benzene rings is 1. The lowest BCUT2D eigenvalue weighted by Crippen LogP contribution is -2.33. The molecule has 2 aliphatic rings. The number of hydrogen-bond donors (Lipinski definition) is 1. The predicted molar refractivity (Wildman–Crippen MR) is 72.8 cm³/mol. The van der Waals surface area contributed by atoms with Crippen LogP contribution in [0.1, 0.15) is 30.9 Å². The van der Waals surface area contributed by atoms with Gasteiger partial charge in [0.05, 0.1) is 25.9 Å². The van der Waals surface area contributed by atoms with Crippen LogP contribution in [0.4, 0.5) is 0 Å². The van der Waals surface area contributed by atoms with Crippen molar-refractivity contribution in [2.45, 2.75) is 31.5 Å². The molecule has 19 heavy (non-hydrogen) atoms. The van der Waals surface area contributed by atoms with E-state index in [0.29, 0.717) is 6.10 Å². The summed E-state index contributed by atoms with van der Waals surface area (Å²) in [7, 11) is 1.68. The lowest BCUT2D eigenvalue weighted by Gasteiger charge is -2.28. The van der Waals surface area contributed by atoms with Crippen molar-refractivity contribution in [3.8, 4) is 11.5 Å². The minimum absolute atomic E-state index is 0.114. The first-order valence-electron chi connectivity index (χ1n) is 7.04. The summed E-state index contributed by atoms with van der Waals surface area (Å²) in [5, 5.41) is 3.35. The maximum atomic E-state index is 6.00. The molecule has 0 aromatic heterocycles. The summed E-state index contributed by atoms with van der Waals surface area (Å²) in [5.41, 5.74) is 1.15. The van der Waals surface area contributed by atoms with Gasteiger partial charge < -0.3 is 19.5 Å². The number of hydrogen-bond acceptors (Lipinski definition) is 4. The lowest BCUT2D eigenvalue weighted by molar-refractivity contribution is 0.0272. The van der Waals surface area contributed by atoms with E-state index in [1.54, 1.807) is 7.11 Å².